The van der Waals surface area contributed by atoms with Crippen molar-refractivity contribution < 1.29 is 8.42 Å². The molecule has 1 saturated heterocycles. The maximum atomic E-state index is 11.5. The quantitative estimate of drug-likeness (QED) is 0.825. The third kappa shape index (κ3) is 3.93. The van der Waals surface area contributed by atoms with Gasteiger partial charge in [0.05, 0.1) is 11.5 Å². The highest BCUT2D eigenvalue weighted by molar-refractivity contribution is 7.91. The third-order valence-electron chi connectivity index (χ3n) is 3.53. The molecule has 0 radical (unpaired) electrons. The Hall–Kier alpha value is -1.14. The predicted octanol–water partition coefficient (Wildman–Crippen LogP) is 1.12. The van der Waals surface area contributed by atoms with E-state index in [1.807, 2.05) is 13.1 Å². The Kier molecular flexibility index (Phi) is 4.99. The molecule has 6 heteroatoms. The minimum absolute atomic E-state index is 0.246. The van der Waals surface area contributed by atoms with E-state index in [1.165, 1.54) is 0 Å². The highest BCUT2D eigenvalue weighted by atomic mass is 32.2. The van der Waals surface area contributed by atoms with E-state index in [0.717, 1.165) is 36.5 Å². The number of anilines is 1. The summed E-state index contributed by atoms with van der Waals surface area (Å²) in [5.41, 5.74) is 3.23. The molecule has 112 valence electrons. The number of nitrogens with one attached hydrogen (secondary N) is 1. The lowest BCUT2D eigenvalue weighted by Gasteiger charge is -2.30. The summed E-state index contributed by atoms with van der Waals surface area (Å²) in [5, 5.41) is 3.38. The molecule has 1 aromatic heterocycles. The van der Waals surface area contributed by atoms with Crippen molar-refractivity contribution in [3.05, 3.63) is 23.5 Å². The number of hydrogen-bond acceptors (Lipinski definition) is 5. The second-order valence-electron chi connectivity index (χ2n) is 5.27. The van der Waals surface area contributed by atoms with Gasteiger partial charge < -0.3 is 10.2 Å². The van der Waals surface area contributed by atoms with Crippen molar-refractivity contribution in [1.29, 1.82) is 0 Å². The monoisotopic (exact) mass is 297 g/mol. The van der Waals surface area contributed by atoms with Crippen LogP contribution in [0.5, 0.6) is 0 Å². The second kappa shape index (κ2) is 6.54. The van der Waals surface area contributed by atoms with Crippen LogP contribution in [0.25, 0.3) is 0 Å². The number of hydrogen-bond donors (Lipinski definition) is 1. The summed E-state index contributed by atoms with van der Waals surface area (Å²) in [5.74, 6) is 0.492. The van der Waals surface area contributed by atoms with Crippen molar-refractivity contribution in [2.45, 2.75) is 26.8 Å². The Bertz CT molecular complexity index is 544. The molecule has 0 aromatic carbocycles. The third-order valence-corrected chi connectivity index (χ3v) is 5.14. The predicted molar refractivity (Wildman–Crippen MR) is 81.8 cm³/mol. The van der Waals surface area contributed by atoms with Crippen LogP contribution >= 0.6 is 0 Å². The van der Waals surface area contributed by atoms with Crippen molar-refractivity contribution in [1.82, 2.24) is 10.3 Å². The van der Waals surface area contributed by atoms with Gasteiger partial charge in [0.25, 0.3) is 0 Å². The molecule has 2 heterocycles. The summed E-state index contributed by atoms with van der Waals surface area (Å²) in [7, 11) is -2.84. The largest absolute Gasteiger partial charge is 0.369 e. The van der Waals surface area contributed by atoms with Crippen LogP contribution in [-0.2, 0) is 16.4 Å². The maximum absolute atomic E-state index is 11.5. The molecule has 0 aliphatic carbocycles. The zero-order valence-corrected chi connectivity index (χ0v) is 13.0. The van der Waals surface area contributed by atoms with Crippen LogP contribution < -0.4 is 10.2 Å². The Morgan fingerprint density at radius 2 is 2.05 bits per heavy atom. The average molecular weight is 297 g/mol. The molecule has 1 fully saturated rings. The van der Waals surface area contributed by atoms with Gasteiger partial charge in [-0.2, -0.15) is 0 Å². The van der Waals surface area contributed by atoms with Gasteiger partial charge in [0, 0.05) is 42.8 Å². The Balaban J connectivity index is 2.14. The lowest BCUT2D eigenvalue weighted by Crippen LogP contribution is -2.41. The molecule has 1 aliphatic heterocycles. The topological polar surface area (TPSA) is 62.3 Å². The molecule has 0 spiro atoms. The van der Waals surface area contributed by atoms with E-state index >= 15 is 0 Å². The summed E-state index contributed by atoms with van der Waals surface area (Å²) in [6.45, 7) is 7.00. The van der Waals surface area contributed by atoms with Crippen LogP contribution in [0.1, 0.15) is 24.6 Å². The highest BCUT2D eigenvalue weighted by Gasteiger charge is 2.23. The minimum Gasteiger partial charge on any atom is -0.369 e. The Morgan fingerprint density at radius 3 is 2.70 bits per heavy atom. The molecule has 0 atom stereocenters. The number of nitrogens with zero attached hydrogens (tertiary/aromatic N) is 2. The first-order chi connectivity index (χ1) is 9.52. The maximum Gasteiger partial charge on any atom is 0.153 e. The van der Waals surface area contributed by atoms with Crippen molar-refractivity contribution in [3.8, 4) is 0 Å². The summed E-state index contributed by atoms with van der Waals surface area (Å²) in [6, 6.07) is 2.06. The Labute approximate surface area is 121 Å². The molecule has 0 amide bonds. The molecule has 0 bridgehead atoms. The summed E-state index contributed by atoms with van der Waals surface area (Å²) in [4.78, 5) is 6.52. The van der Waals surface area contributed by atoms with E-state index in [2.05, 4.69) is 28.2 Å². The molecule has 0 unspecified atom stereocenters. The normalized spacial score (nSPS) is 18.2. The van der Waals surface area contributed by atoms with Crippen molar-refractivity contribution in [2.75, 3.05) is 36.0 Å². The van der Waals surface area contributed by atoms with Gasteiger partial charge in [0.15, 0.2) is 9.84 Å². The van der Waals surface area contributed by atoms with Crippen LogP contribution in [0.4, 0.5) is 5.69 Å². The molecule has 0 saturated carbocycles. The first-order valence-corrected chi connectivity index (χ1v) is 8.95. The first-order valence-electron chi connectivity index (χ1n) is 7.13. The average Bonchev–Trinajstić information content (AvgIpc) is 2.41. The number of aromatic nitrogens is 1. The fraction of sp³-hybridized carbons (Fsp3) is 0.643. The van der Waals surface area contributed by atoms with Crippen LogP contribution in [0.2, 0.25) is 0 Å². The molecule has 1 N–H and O–H groups in total. The SMILES string of the molecule is CCCNCc1cnc(C)cc1N1CCS(=O)(=O)CC1. The summed E-state index contributed by atoms with van der Waals surface area (Å²) in [6.07, 6.45) is 2.99. The van der Waals surface area contributed by atoms with Gasteiger partial charge in [-0.05, 0) is 26.0 Å². The fourth-order valence-corrected chi connectivity index (χ4v) is 3.56. The molecule has 1 aromatic rings. The minimum atomic E-state index is -2.84. The van der Waals surface area contributed by atoms with Gasteiger partial charge in [-0.15, -0.1) is 0 Å². The highest BCUT2D eigenvalue weighted by Crippen LogP contribution is 2.23. The van der Waals surface area contributed by atoms with E-state index in [1.54, 1.807) is 0 Å². The van der Waals surface area contributed by atoms with Crippen molar-refractivity contribution in [3.63, 3.8) is 0 Å². The van der Waals surface area contributed by atoms with Crippen molar-refractivity contribution >= 4 is 15.5 Å². The van der Waals surface area contributed by atoms with Gasteiger partial charge in [-0.25, -0.2) is 8.42 Å². The number of rotatable bonds is 5. The van der Waals surface area contributed by atoms with Crippen molar-refractivity contribution in [2.24, 2.45) is 0 Å². The lowest BCUT2D eigenvalue weighted by molar-refractivity contribution is 0.586. The van der Waals surface area contributed by atoms with Crippen LogP contribution in [-0.4, -0.2) is 44.5 Å². The van der Waals surface area contributed by atoms with Gasteiger partial charge in [0.1, 0.15) is 0 Å². The standard InChI is InChI=1S/C14H23N3O2S/c1-3-4-15-10-13-11-16-12(2)9-14(13)17-5-7-20(18,19)8-6-17/h9,11,15H,3-8,10H2,1-2H3. The van der Waals surface area contributed by atoms with Gasteiger partial charge in [0.2, 0.25) is 0 Å². The van der Waals surface area contributed by atoms with E-state index in [9.17, 15) is 8.42 Å². The summed E-state index contributed by atoms with van der Waals surface area (Å²) < 4.78 is 23.1. The van der Waals surface area contributed by atoms with E-state index in [0.29, 0.717) is 13.1 Å². The molecule has 20 heavy (non-hydrogen) atoms. The van der Waals surface area contributed by atoms with Crippen LogP contribution in [0.3, 0.4) is 0 Å². The zero-order chi connectivity index (χ0) is 14.6. The fourth-order valence-electron chi connectivity index (χ4n) is 2.36. The lowest BCUT2D eigenvalue weighted by atomic mass is 10.1. The van der Waals surface area contributed by atoms with E-state index in [4.69, 9.17) is 0 Å². The van der Waals surface area contributed by atoms with Gasteiger partial charge in [-0.1, -0.05) is 6.92 Å². The van der Waals surface area contributed by atoms with Gasteiger partial charge >= 0.3 is 0 Å². The molecule has 2 rings (SSSR count). The second-order valence-corrected chi connectivity index (χ2v) is 7.57. The molecule has 1 aliphatic rings. The number of aryl methyl sites for hydroxylation is 1. The van der Waals surface area contributed by atoms with Crippen LogP contribution in [0, 0.1) is 6.92 Å². The molecular weight excluding hydrogens is 274 g/mol. The van der Waals surface area contributed by atoms with Crippen LogP contribution in [0.15, 0.2) is 12.3 Å². The number of pyridine rings is 1. The molecule has 5 nitrogen and oxygen atoms in total. The summed E-state index contributed by atoms with van der Waals surface area (Å²) >= 11 is 0. The number of sulfone groups is 1. The Morgan fingerprint density at radius 1 is 1.35 bits per heavy atom. The molecular formula is C14H23N3O2S. The van der Waals surface area contributed by atoms with E-state index < -0.39 is 9.84 Å². The van der Waals surface area contributed by atoms with E-state index in [-0.39, 0.29) is 11.5 Å². The van der Waals surface area contributed by atoms with Gasteiger partial charge in [-0.3, -0.25) is 4.98 Å². The zero-order valence-electron chi connectivity index (χ0n) is 12.2. The first kappa shape index (κ1) is 15.3. The smallest absolute Gasteiger partial charge is 0.153 e.